The number of rotatable bonds is 5. The van der Waals surface area contributed by atoms with E-state index in [0.717, 1.165) is 0 Å². The highest BCUT2D eigenvalue weighted by Crippen LogP contribution is 2.33. The van der Waals surface area contributed by atoms with Crippen molar-refractivity contribution in [1.82, 2.24) is 5.32 Å². The zero-order chi connectivity index (χ0) is 14.5. The standard InChI is InChI=1S/C13H15NO6/c1-18-7-9(13(16)17)14-12(15)8-3-2-4-10-11(8)20-6-5-19-10/h2-4,9H,5-7H2,1H3,(H,14,15)(H,16,17). The number of ether oxygens (including phenoxy) is 3. The summed E-state index contributed by atoms with van der Waals surface area (Å²) in [5.74, 6) is -0.903. The Morgan fingerprint density at radius 1 is 1.40 bits per heavy atom. The largest absolute Gasteiger partial charge is 0.486 e. The third kappa shape index (κ3) is 3.00. The summed E-state index contributed by atoms with van der Waals surface area (Å²) in [7, 11) is 1.36. The Kier molecular flexibility index (Phi) is 4.41. The number of hydrogen-bond donors (Lipinski definition) is 2. The third-order valence-corrected chi connectivity index (χ3v) is 2.75. The molecule has 1 aliphatic heterocycles. The molecule has 0 aliphatic carbocycles. The molecule has 1 unspecified atom stereocenters. The van der Waals surface area contributed by atoms with Gasteiger partial charge in [0.1, 0.15) is 13.2 Å². The van der Waals surface area contributed by atoms with E-state index in [2.05, 4.69) is 5.32 Å². The Morgan fingerprint density at radius 3 is 2.85 bits per heavy atom. The Morgan fingerprint density at radius 2 is 2.15 bits per heavy atom. The average Bonchev–Trinajstić information content (AvgIpc) is 2.46. The molecular weight excluding hydrogens is 266 g/mol. The van der Waals surface area contributed by atoms with Crippen molar-refractivity contribution < 1.29 is 28.9 Å². The third-order valence-electron chi connectivity index (χ3n) is 2.75. The number of fused-ring (bicyclic) bond motifs is 1. The van der Waals surface area contributed by atoms with Gasteiger partial charge in [-0.1, -0.05) is 6.07 Å². The molecule has 0 radical (unpaired) electrons. The summed E-state index contributed by atoms with van der Waals surface area (Å²) in [6.07, 6.45) is 0. The lowest BCUT2D eigenvalue weighted by Gasteiger charge is -2.21. The number of carbonyl (C=O) groups is 2. The van der Waals surface area contributed by atoms with Gasteiger partial charge in [0, 0.05) is 7.11 Å². The molecular formula is C13H15NO6. The summed E-state index contributed by atoms with van der Waals surface area (Å²) in [5.41, 5.74) is 0.240. The highest BCUT2D eigenvalue weighted by atomic mass is 16.6. The first-order chi connectivity index (χ1) is 9.63. The molecule has 0 saturated carbocycles. The van der Waals surface area contributed by atoms with Crippen molar-refractivity contribution in [2.75, 3.05) is 26.9 Å². The van der Waals surface area contributed by atoms with Crippen LogP contribution in [0.4, 0.5) is 0 Å². The first-order valence-corrected chi connectivity index (χ1v) is 6.04. The maximum absolute atomic E-state index is 12.1. The van der Waals surface area contributed by atoms with Crippen molar-refractivity contribution in [3.63, 3.8) is 0 Å². The van der Waals surface area contributed by atoms with Crippen LogP contribution < -0.4 is 14.8 Å². The number of amides is 1. The van der Waals surface area contributed by atoms with Crippen LogP contribution in [-0.2, 0) is 9.53 Å². The Labute approximate surface area is 115 Å². The van der Waals surface area contributed by atoms with Crippen LogP contribution in [0, 0.1) is 0 Å². The van der Waals surface area contributed by atoms with Crippen LogP contribution >= 0.6 is 0 Å². The van der Waals surface area contributed by atoms with Gasteiger partial charge in [0.05, 0.1) is 12.2 Å². The molecule has 1 aromatic rings. The minimum absolute atomic E-state index is 0.118. The predicted octanol–water partition coefficient (Wildman–Crippen LogP) is 0.287. The number of aliphatic carboxylic acids is 1. The quantitative estimate of drug-likeness (QED) is 0.805. The van der Waals surface area contributed by atoms with Gasteiger partial charge in [-0.25, -0.2) is 4.79 Å². The average molecular weight is 281 g/mol. The molecule has 0 fully saturated rings. The molecule has 0 saturated heterocycles. The Bertz CT molecular complexity index is 516. The number of carboxylic acid groups (broad SMARTS) is 1. The van der Waals surface area contributed by atoms with E-state index in [-0.39, 0.29) is 12.2 Å². The van der Waals surface area contributed by atoms with Crippen molar-refractivity contribution in [2.24, 2.45) is 0 Å². The van der Waals surface area contributed by atoms with Crippen molar-refractivity contribution in [3.05, 3.63) is 23.8 Å². The van der Waals surface area contributed by atoms with E-state index < -0.39 is 17.9 Å². The van der Waals surface area contributed by atoms with Crippen LogP contribution in [0.1, 0.15) is 10.4 Å². The van der Waals surface area contributed by atoms with E-state index in [4.69, 9.17) is 19.3 Å². The second kappa shape index (κ2) is 6.25. The number of methoxy groups -OCH3 is 1. The van der Waals surface area contributed by atoms with Crippen LogP contribution in [-0.4, -0.2) is 50.0 Å². The van der Waals surface area contributed by atoms with E-state index in [1.165, 1.54) is 7.11 Å². The fourth-order valence-electron chi connectivity index (χ4n) is 1.83. The molecule has 2 rings (SSSR count). The molecule has 20 heavy (non-hydrogen) atoms. The number of benzene rings is 1. The number of nitrogens with one attached hydrogen (secondary N) is 1. The molecule has 1 aliphatic rings. The summed E-state index contributed by atoms with van der Waals surface area (Å²) in [6.45, 7) is 0.644. The second-order valence-electron chi connectivity index (χ2n) is 4.15. The molecule has 0 bridgehead atoms. The van der Waals surface area contributed by atoms with Crippen molar-refractivity contribution in [1.29, 1.82) is 0 Å². The fraction of sp³-hybridized carbons (Fsp3) is 0.385. The van der Waals surface area contributed by atoms with Gasteiger partial charge in [-0.2, -0.15) is 0 Å². The Hall–Kier alpha value is -2.28. The summed E-state index contributed by atoms with van der Waals surface area (Å²) < 4.78 is 15.5. The van der Waals surface area contributed by atoms with Crippen LogP contribution in [0.25, 0.3) is 0 Å². The first-order valence-electron chi connectivity index (χ1n) is 6.04. The lowest BCUT2D eigenvalue weighted by molar-refractivity contribution is -0.140. The van der Waals surface area contributed by atoms with Gasteiger partial charge < -0.3 is 24.6 Å². The minimum Gasteiger partial charge on any atom is -0.486 e. The van der Waals surface area contributed by atoms with E-state index >= 15 is 0 Å². The van der Waals surface area contributed by atoms with Gasteiger partial charge in [0.2, 0.25) is 0 Å². The van der Waals surface area contributed by atoms with E-state index in [1.807, 2.05) is 0 Å². The fourth-order valence-corrected chi connectivity index (χ4v) is 1.83. The molecule has 0 spiro atoms. The maximum atomic E-state index is 12.1. The van der Waals surface area contributed by atoms with E-state index in [0.29, 0.717) is 24.7 Å². The van der Waals surface area contributed by atoms with Gasteiger partial charge in [-0.3, -0.25) is 4.79 Å². The van der Waals surface area contributed by atoms with E-state index in [1.54, 1.807) is 18.2 Å². The lowest BCUT2D eigenvalue weighted by Crippen LogP contribution is -2.44. The maximum Gasteiger partial charge on any atom is 0.328 e. The molecule has 1 heterocycles. The van der Waals surface area contributed by atoms with Gasteiger partial charge >= 0.3 is 5.97 Å². The number of hydrogen-bond acceptors (Lipinski definition) is 5. The normalized spacial score (nSPS) is 14.4. The smallest absolute Gasteiger partial charge is 0.328 e. The zero-order valence-corrected chi connectivity index (χ0v) is 10.9. The van der Waals surface area contributed by atoms with Gasteiger partial charge in [-0.15, -0.1) is 0 Å². The van der Waals surface area contributed by atoms with E-state index in [9.17, 15) is 9.59 Å². The van der Waals surface area contributed by atoms with Crippen molar-refractivity contribution in [3.8, 4) is 11.5 Å². The molecule has 108 valence electrons. The van der Waals surface area contributed by atoms with Crippen LogP contribution in [0.15, 0.2) is 18.2 Å². The summed E-state index contributed by atoms with van der Waals surface area (Å²) in [5, 5.41) is 11.4. The second-order valence-corrected chi connectivity index (χ2v) is 4.15. The van der Waals surface area contributed by atoms with Gasteiger partial charge in [-0.05, 0) is 12.1 Å². The topological polar surface area (TPSA) is 94.1 Å². The summed E-state index contributed by atoms with van der Waals surface area (Å²) in [6, 6.07) is 3.77. The molecule has 1 amide bonds. The lowest BCUT2D eigenvalue weighted by atomic mass is 10.1. The number of carbonyl (C=O) groups excluding carboxylic acids is 1. The highest BCUT2D eigenvalue weighted by Gasteiger charge is 2.25. The zero-order valence-electron chi connectivity index (χ0n) is 10.9. The summed E-state index contributed by atoms with van der Waals surface area (Å²) in [4.78, 5) is 23.1. The van der Waals surface area contributed by atoms with Gasteiger partial charge in [0.15, 0.2) is 17.5 Å². The molecule has 2 N–H and O–H groups in total. The molecule has 7 heteroatoms. The highest BCUT2D eigenvalue weighted by molar-refractivity contribution is 5.99. The summed E-state index contributed by atoms with van der Waals surface area (Å²) >= 11 is 0. The van der Waals surface area contributed by atoms with Gasteiger partial charge in [0.25, 0.3) is 5.91 Å². The number of carboxylic acids is 1. The Balaban J connectivity index is 2.19. The first kappa shape index (κ1) is 14.1. The molecule has 1 atom stereocenters. The monoisotopic (exact) mass is 281 g/mol. The predicted molar refractivity (Wildman–Crippen MR) is 68.2 cm³/mol. The van der Waals surface area contributed by atoms with Crippen LogP contribution in [0.3, 0.4) is 0 Å². The number of para-hydroxylation sites is 1. The SMILES string of the molecule is COCC(NC(=O)c1cccc2c1OCCO2)C(=O)O. The van der Waals surface area contributed by atoms with Crippen LogP contribution in [0.2, 0.25) is 0 Å². The molecule has 0 aromatic heterocycles. The van der Waals surface area contributed by atoms with Crippen LogP contribution in [0.5, 0.6) is 11.5 Å². The molecule has 7 nitrogen and oxygen atoms in total. The van der Waals surface area contributed by atoms with Crippen molar-refractivity contribution >= 4 is 11.9 Å². The molecule has 1 aromatic carbocycles. The minimum atomic E-state index is -1.16. The van der Waals surface area contributed by atoms with Crippen molar-refractivity contribution in [2.45, 2.75) is 6.04 Å².